The van der Waals surface area contributed by atoms with E-state index in [1.807, 2.05) is 32.2 Å². The Labute approximate surface area is 251 Å². The summed E-state index contributed by atoms with van der Waals surface area (Å²) in [6.07, 6.45) is 7.26. The summed E-state index contributed by atoms with van der Waals surface area (Å²) in [5.74, 6) is 0.354. The number of nitrogens with one attached hydrogen (secondary N) is 2. The fourth-order valence-corrected chi connectivity index (χ4v) is 4.62. The zero-order valence-electron chi connectivity index (χ0n) is 25.8. The minimum atomic E-state index is -0.756. The molecule has 1 fully saturated rings. The number of rotatable bonds is 10. The average molecular weight is 588 g/mol. The molecule has 0 atom stereocenters. The average Bonchev–Trinajstić information content (AvgIpc) is 3.69. The molecule has 43 heavy (non-hydrogen) atoms. The number of halogens is 2. The highest BCUT2D eigenvalue weighted by molar-refractivity contribution is 5.97. The molecule has 4 rings (SSSR count). The highest BCUT2D eigenvalue weighted by Gasteiger charge is 2.32. The van der Waals surface area contributed by atoms with Gasteiger partial charge in [-0.15, -0.1) is 0 Å². The van der Waals surface area contributed by atoms with Crippen LogP contribution in [0, 0.1) is 30.4 Å². The number of aliphatic imine (C=N–C) groups is 2. The van der Waals surface area contributed by atoms with Crippen molar-refractivity contribution in [2.45, 2.75) is 47.5 Å². The monoisotopic (exact) mass is 587 g/mol. The van der Waals surface area contributed by atoms with E-state index in [4.69, 9.17) is 4.99 Å². The molecule has 0 unspecified atom stereocenters. The number of aryl methyl sites for hydroxylation is 2. The van der Waals surface area contributed by atoms with Gasteiger partial charge in [0.1, 0.15) is 17.3 Å². The van der Waals surface area contributed by atoms with Crippen molar-refractivity contribution in [1.82, 2.24) is 14.8 Å². The smallest absolute Gasteiger partial charge is 0.250 e. The number of aromatic nitrogens is 3. The van der Waals surface area contributed by atoms with E-state index >= 15 is 8.78 Å². The van der Waals surface area contributed by atoms with Crippen LogP contribution in [0.5, 0.6) is 0 Å². The molecule has 0 aliphatic heterocycles. The van der Waals surface area contributed by atoms with Crippen molar-refractivity contribution < 1.29 is 8.78 Å². The van der Waals surface area contributed by atoms with E-state index < -0.39 is 11.6 Å². The van der Waals surface area contributed by atoms with Crippen LogP contribution >= 0.6 is 0 Å². The third kappa shape index (κ3) is 7.43. The molecule has 1 saturated carbocycles. The molecule has 1 aliphatic carbocycles. The minimum absolute atomic E-state index is 0.204. The van der Waals surface area contributed by atoms with Crippen molar-refractivity contribution in [3.05, 3.63) is 99.5 Å². The lowest BCUT2D eigenvalue weighted by Crippen LogP contribution is -2.26. The largest absolute Gasteiger partial charge is 0.328 e. The van der Waals surface area contributed by atoms with Crippen LogP contribution in [0.25, 0.3) is 11.1 Å². The van der Waals surface area contributed by atoms with Crippen LogP contribution in [0.4, 0.5) is 20.3 Å². The van der Waals surface area contributed by atoms with E-state index in [-0.39, 0.29) is 23.1 Å². The standard InChI is InChI=1S/C33H39F2N7O/c1-9-28(36-17-19(2)3)21(5)31(23-10-11-23)33(38-29-14-20(4)39-40-29)37-22(6)42(8)32-26(34)15-25(16-27(32)35)24-12-13-30(43)41(7)18-24/h9,12-19,23H,5,10-11H2,1-4,6-8H3,(H2,38,39,40)/b28-9-,33-31-,36-17?,37-22+. The van der Waals surface area contributed by atoms with E-state index in [9.17, 15) is 4.79 Å². The summed E-state index contributed by atoms with van der Waals surface area (Å²) in [5.41, 5.74) is 3.61. The van der Waals surface area contributed by atoms with Crippen molar-refractivity contribution in [2.24, 2.45) is 28.9 Å². The first-order valence-electron chi connectivity index (χ1n) is 14.3. The first-order valence-corrected chi connectivity index (χ1v) is 14.3. The zero-order chi connectivity index (χ0) is 31.4. The van der Waals surface area contributed by atoms with Gasteiger partial charge < -0.3 is 14.8 Å². The second-order valence-corrected chi connectivity index (χ2v) is 11.1. The Bertz CT molecular complexity index is 1680. The fraction of sp³-hybridized carbons (Fsp3) is 0.333. The lowest BCUT2D eigenvalue weighted by atomic mass is 9.99. The second-order valence-electron chi connectivity index (χ2n) is 11.1. The molecule has 2 aromatic heterocycles. The van der Waals surface area contributed by atoms with Gasteiger partial charge in [0.2, 0.25) is 5.56 Å². The number of anilines is 2. The van der Waals surface area contributed by atoms with Gasteiger partial charge in [0, 0.05) is 49.9 Å². The summed E-state index contributed by atoms with van der Waals surface area (Å²) in [6.45, 7) is 14.0. The summed E-state index contributed by atoms with van der Waals surface area (Å²) in [7, 11) is 3.16. The Morgan fingerprint density at radius 3 is 2.42 bits per heavy atom. The van der Waals surface area contributed by atoms with Crippen LogP contribution in [-0.4, -0.2) is 33.9 Å². The van der Waals surface area contributed by atoms with Crippen LogP contribution < -0.4 is 15.8 Å². The van der Waals surface area contributed by atoms with Gasteiger partial charge in [0.05, 0.1) is 5.70 Å². The predicted octanol–water partition coefficient (Wildman–Crippen LogP) is 7.14. The molecule has 1 aliphatic rings. The number of benzene rings is 1. The van der Waals surface area contributed by atoms with Gasteiger partial charge >= 0.3 is 0 Å². The van der Waals surface area contributed by atoms with E-state index in [2.05, 4.69) is 40.9 Å². The van der Waals surface area contributed by atoms with Gasteiger partial charge in [-0.3, -0.25) is 14.9 Å². The molecular formula is C33H39F2N7O. The van der Waals surface area contributed by atoms with Gasteiger partial charge in [-0.05, 0) is 80.3 Å². The lowest BCUT2D eigenvalue weighted by molar-refractivity contribution is 0.585. The Balaban J connectivity index is 1.78. The predicted molar refractivity (Wildman–Crippen MR) is 171 cm³/mol. The van der Waals surface area contributed by atoms with Crippen molar-refractivity contribution in [3.8, 4) is 11.1 Å². The number of H-pyrrole nitrogens is 1. The topological polar surface area (TPSA) is 90.7 Å². The fourth-order valence-electron chi connectivity index (χ4n) is 4.62. The second kappa shape index (κ2) is 13.1. The lowest BCUT2D eigenvalue weighted by Gasteiger charge is -2.23. The SMILES string of the molecule is C=C(/C(=C/C)N=CC(C)C)/C(=C(\N=C(/C)N(C)c1c(F)cc(-c2ccc(=O)n(C)c2)cc1F)Nc1cc(C)[nH]n1)C1CC1. The first-order chi connectivity index (χ1) is 20.4. The van der Waals surface area contributed by atoms with Crippen molar-refractivity contribution in [1.29, 1.82) is 0 Å². The summed E-state index contributed by atoms with van der Waals surface area (Å²) in [5, 5.41) is 10.6. The maximum absolute atomic E-state index is 15.5. The molecule has 0 radical (unpaired) electrons. The third-order valence-corrected chi connectivity index (χ3v) is 7.14. The molecule has 1 aromatic carbocycles. The summed E-state index contributed by atoms with van der Waals surface area (Å²) in [4.78, 5) is 22.7. The molecule has 2 heterocycles. The molecule has 0 spiro atoms. The Morgan fingerprint density at radius 2 is 1.88 bits per heavy atom. The van der Waals surface area contributed by atoms with Gasteiger partial charge in [0.15, 0.2) is 17.5 Å². The Morgan fingerprint density at radius 1 is 1.21 bits per heavy atom. The quantitative estimate of drug-likeness (QED) is 0.150. The molecule has 8 nitrogen and oxygen atoms in total. The third-order valence-electron chi connectivity index (χ3n) is 7.14. The van der Waals surface area contributed by atoms with E-state index in [1.54, 1.807) is 33.3 Å². The Kier molecular flexibility index (Phi) is 9.58. The highest BCUT2D eigenvalue weighted by atomic mass is 19.1. The van der Waals surface area contributed by atoms with Gasteiger partial charge in [-0.1, -0.05) is 26.5 Å². The normalized spacial score (nSPS) is 14.8. The van der Waals surface area contributed by atoms with Gasteiger partial charge in [0.25, 0.3) is 0 Å². The molecule has 10 heteroatoms. The minimum Gasteiger partial charge on any atom is -0.328 e. The molecule has 226 valence electrons. The summed E-state index contributed by atoms with van der Waals surface area (Å²) >= 11 is 0. The van der Waals surface area contributed by atoms with Crippen LogP contribution in [0.1, 0.15) is 46.2 Å². The van der Waals surface area contributed by atoms with Crippen molar-refractivity contribution >= 4 is 23.6 Å². The molecule has 2 N–H and O–H groups in total. The van der Waals surface area contributed by atoms with Gasteiger partial charge in [-0.25, -0.2) is 13.8 Å². The number of pyridine rings is 1. The van der Waals surface area contributed by atoms with E-state index in [0.29, 0.717) is 28.6 Å². The van der Waals surface area contributed by atoms with Crippen LogP contribution in [0.2, 0.25) is 0 Å². The molecule has 0 bridgehead atoms. The van der Waals surface area contributed by atoms with Gasteiger partial charge in [-0.2, -0.15) is 5.10 Å². The number of allylic oxidation sites excluding steroid dienone is 2. The zero-order valence-corrected chi connectivity index (χ0v) is 25.8. The molecular weight excluding hydrogens is 548 g/mol. The summed E-state index contributed by atoms with van der Waals surface area (Å²) < 4.78 is 32.4. The molecule has 3 aromatic rings. The molecule has 0 amide bonds. The maximum atomic E-state index is 15.5. The van der Waals surface area contributed by atoms with Crippen LogP contribution in [0.3, 0.4) is 0 Å². The maximum Gasteiger partial charge on any atom is 0.250 e. The van der Waals surface area contributed by atoms with Crippen molar-refractivity contribution in [3.63, 3.8) is 0 Å². The molecule has 0 saturated heterocycles. The number of aromatic amines is 1. The van der Waals surface area contributed by atoms with E-state index in [1.165, 1.54) is 27.7 Å². The number of amidine groups is 1. The van der Waals surface area contributed by atoms with Crippen molar-refractivity contribution in [2.75, 3.05) is 17.3 Å². The van der Waals surface area contributed by atoms with Crippen LogP contribution in [0.15, 0.2) is 86.6 Å². The number of hydrogen-bond acceptors (Lipinski definition) is 5. The number of nitrogens with zero attached hydrogens (tertiary/aromatic N) is 5. The van der Waals surface area contributed by atoms with Crippen LogP contribution in [-0.2, 0) is 7.05 Å². The Hall–Kier alpha value is -4.60. The van der Waals surface area contributed by atoms with E-state index in [0.717, 1.165) is 35.4 Å². The highest BCUT2D eigenvalue weighted by Crippen LogP contribution is 2.44. The number of hydrogen-bond donors (Lipinski definition) is 2. The first kappa shape index (κ1) is 31.3. The summed E-state index contributed by atoms with van der Waals surface area (Å²) in [6, 6.07) is 7.27.